The number of amides is 3. The highest BCUT2D eigenvalue weighted by Crippen LogP contribution is 2.27. The highest BCUT2D eigenvalue weighted by Gasteiger charge is 2.13. The zero-order chi connectivity index (χ0) is 21.4. The number of nitrogens with two attached hydrogens (primary N) is 1. The Labute approximate surface area is 167 Å². The van der Waals surface area contributed by atoms with Gasteiger partial charge in [-0.25, -0.2) is 5.43 Å². The summed E-state index contributed by atoms with van der Waals surface area (Å²) in [4.78, 5) is 35.8. The fourth-order valence-corrected chi connectivity index (χ4v) is 2.46. The Morgan fingerprint density at radius 1 is 1.03 bits per heavy atom. The molecule has 2 aromatic rings. The van der Waals surface area contributed by atoms with Gasteiger partial charge in [0.25, 0.3) is 11.8 Å². The summed E-state index contributed by atoms with van der Waals surface area (Å²) >= 11 is 0. The molecule has 0 spiro atoms. The summed E-state index contributed by atoms with van der Waals surface area (Å²) in [6.45, 7) is 1.59. The lowest BCUT2D eigenvalue weighted by atomic mass is 10.1. The number of methoxy groups -OCH3 is 2. The van der Waals surface area contributed by atoms with E-state index in [2.05, 4.69) is 15.8 Å². The number of nitrogens with zero attached hydrogens (tertiary/aromatic N) is 1. The number of carbonyl (C=O) groups excluding carboxylic acids is 3. The van der Waals surface area contributed by atoms with Crippen LogP contribution in [0.2, 0.25) is 0 Å². The smallest absolute Gasteiger partial charge is 0.271 e. The van der Waals surface area contributed by atoms with Gasteiger partial charge in [-0.15, -0.1) is 0 Å². The molecule has 0 unspecified atom stereocenters. The third-order valence-electron chi connectivity index (χ3n) is 3.88. The van der Waals surface area contributed by atoms with E-state index in [0.717, 1.165) is 0 Å². The third kappa shape index (κ3) is 5.80. The highest BCUT2D eigenvalue weighted by molar-refractivity contribution is 6.09. The molecule has 2 aromatic carbocycles. The van der Waals surface area contributed by atoms with Crippen LogP contribution in [0, 0.1) is 0 Å². The average Bonchev–Trinajstić information content (AvgIpc) is 2.71. The monoisotopic (exact) mass is 398 g/mol. The summed E-state index contributed by atoms with van der Waals surface area (Å²) in [5, 5.41) is 6.54. The molecule has 29 heavy (non-hydrogen) atoms. The van der Waals surface area contributed by atoms with Gasteiger partial charge >= 0.3 is 0 Å². The van der Waals surface area contributed by atoms with Gasteiger partial charge in [0, 0.05) is 11.3 Å². The summed E-state index contributed by atoms with van der Waals surface area (Å²) in [6, 6.07) is 11.1. The zero-order valence-electron chi connectivity index (χ0n) is 16.3. The SMILES string of the molecule is COc1ccc(C(=O)NN=C(C)CC(=O)Nc2ccccc2C(N)=O)cc1OC. The number of rotatable bonds is 8. The van der Waals surface area contributed by atoms with Crippen LogP contribution in [0.4, 0.5) is 5.69 Å². The Morgan fingerprint density at radius 2 is 1.72 bits per heavy atom. The number of primary amides is 1. The molecule has 0 fully saturated rings. The largest absolute Gasteiger partial charge is 0.493 e. The van der Waals surface area contributed by atoms with E-state index in [1.165, 1.54) is 26.4 Å². The Hall–Kier alpha value is -3.88. The fraction of sp³-hybridized carbons (Fsp3) is 0.200. The molecule has 0 aliphatic heterocycles. The summed E-state index contributed by atoms with van der Waals surface area (Å²) in [5.41, 5.74) is 8.88. The van der Waals surface area contributed by atoms with Crippen molar-refractivity contribution >= 4 is 29.1 Å². The second kappa shape index (κ2) is 9.88. The van der Waals surface area contributed by atoms with Crippen molar-refractivity contribution in [1.29, 1.82) is 0 Å². The topological polar surface area (TPSA) is 132 Å². The van der Waals surface area contributed by atoms with Crippen LogP contribution < -0.4 is 25.9 Å². The van der Waals surface area contributed by atoms with Crippen LogP contribution >= 0.6 is 0 Å². The lowest BCUT2D eigenvalue weighted by molar-refractivity contribution is -0.115. The molecule has 9 nitrogen and oxygen atoms in total. The molecule has 3 amide bonds. The Morgan fingerprint density at radius 3 is 2.38 bits per heavy atom. The first-order valence-corrected chi connectivity index (χ1v) is 8.60. The van der Waals surface area contributed by atoms with E-state index in [9.17, 15) is 14.4 Å². The second-order valence-corrected chi connectivity index (χ2v) is 5.99. The number of carbonyl (C=O) groups is 3. The minimum atomic E-state index is -0.645. The van der Waals surface area contributed by atoms with Gasteiger partial charge in [-0.05, 0) is 37.3 Å². The third-order valence-corrected chi connectivity index (χ3v) is 3.88. The number of benzene rings is 2. The average molecular weight is 398 g/mol. The molecule has 0 atom stereocenters. The van der Waals surface area contributed by atoms with Gasteiger partial charge in [-0.3, -0.25) is 14.4 Å². The summed E-state index contributed by atoms with van der Waals surface area (Å²) in [5.74, 6) is -0.608. The van der Waals surface area contributed by atoms with Crippen molar-refractivity contribution in [2.75, 3.05) is 19.5 Å². The minimum absolute atomic E-state index is 0.0840. The van der Waals surface area contributed by atoms with Gasteiger partial charge in [-0.2, -0.15) is 5.10 Å². The molecular formula is C20H22N4O5. The second-order valence-electron chi connectivity index (χ2n) is 5.99. The molecule has 9 heteroatoms. The molecule has 0 aliphatic carbocycles. The first-order valence-electron chi connectivity index (χ1n) is 8.60. The van der Waals surface area contributed by atoms with Crippen molar-refractivity contribution in [2.45, 2.75) is 13.3 Å². The van der Waals surface area contributed by atoms with Crippen LogP contribution in [0.3, 0.4) is 0 Å². The first-order chi connectivity index (χ1) is 13.8. The van der Waals surface area contributed by atoms with E-state index in [1.54, 1.807) is 37.3 Å². The van der Waals surface area contributed by atoms with Crippen molar-refractivity contribution in [2.24, 2.45) is 10.8 Å². The summed E-state index contributed by atoms with van der Waals surface area (Å²) in [7, 11) is 2.97. The molecule has 0 heterocycles. The number of hydrogen-bond donors (Lipinski definition) is 3. The number of hydrazone groups is 1. The lowest BCUT2D eigenvalue weighted by Crippen LogP contribution is -2.22. The normalized spacial score (nSPS) is 10.8. The maximum atomic E-state index is 12.2. The first kappa shape index (κ1) is 21.4. The number of hydrogen-bond acceptors (Lipinski definition) is 6. The number of para-hydroxylation sites is 1. The van der Waals surface area contributed by atoms with Crippen molar-refractivity contribution < 1.29 is 23.9 Å². The van der Waals surface area contributed by atoms with E-state index in [1.807, 2.05) is 0 Å². The van der Waals surface area contributed by atoms with Gasteiger partial charge in [0.2, 0.25) is 5.91 Å². The van der Waals surface area contributed by atoms with Crippen LogP contribution in [-0.2, 0) is 4.79 Å². The molecule has 0 radical (unpaired) electrons. The maximum absolute atomic E-state index is 12.2. The van der Waals surface area contributed by atoms with Crippen LogP contribution in [0.15, 0.2) is 47.6 Å². The van der Waals surface area contributed by atoms with Crippen LogP contribution in [0.5, 0.6) is 11.5 Å². The van der Waals surface area contributed by atoms with Gasteiger partial charge in [0.05, 0.1) is 31.9 Å². The van der Waals surface area contributed by atoms with Crippen molar-refractivity contribution in [3.8, 4) is 11.5 Å². The molecule has 0 aliphatic rings. The van der Waals surface area contributed by atoms with Crippen LogP contribution in [-0.4, -0.2) is 37.7 Å². The van der Waals surface area contributed by atoms with E-state index in [4.69, 9.17) is 15.2 Å². The van der Waals surface area contributed by atoms with Gasteiger partial charge in [0.1, 0.15) is 0 Å². The van der Waals surface area contributed by atoms with E-state index in [0.29, 0.717) is 28.5 Å². The van der Waals surface area contributed by atoms with E-state index >= 15 is 0 Å². The maximum Gasteiger partial charge on any atom is 0.271 e. The molecule has 4 N–H and O–H groups in total. The Bertz CT molecular complexity index is 956. The van der Waals surface area contributed by atoms with Crippen LogP contribution in [0.1, 0.15) is 34.1 Å². The minimum Gasteiger partial charge on any atom is -0.493 e. The summed E-state index contributed by atoms with van der Waals surface area (Å²) < 4.78 is 10.3. The highest BCUT2D eigenvalue weighted by atomic mass is 16.5. The predicted octanol–water partition coefficient (Wildman–Crippen LogP) is 1.94. The van der Waals surface area contributed by atoms with E-state index < -0.39 is 17.7 Å². The molecule has 2 rings (SSSR count). The van der Waals surface area contributed by atoms with E-state index in [-0.39, 0.29) is 12.0 Å². The molecular weight excluding hydrogens is 376 g/mol. The summed E-state index contributed by atoms with van der Waals surface area (Å²) in [6.07, 6.45) is -0.0840. The van der Waals surface area contributed by atoms with Crippen molar-refractivity contribution in [3.63, 3.8) is 0 Å². The number of nitrogens with one attached hydrogen (secondary N) is 2. The molecule has 0 saturated heterocycles. The number of anilines is 1. The standard InChI is InChI=1S/C20H22N4O5/c1-12(10-18(25)22-15-7-5-4-6-14(15)19(21)26)23-24-20(27)13-8-9-16(28-2)17(11-13)29-3/h4-9,11H,10H2,1-3H3,(H2,21,26)(H,22,25)(H,24,27). The van der Waals surface area contributed by atoms with Gasteiger partial charge in [0.15, 0.2) is 11.5 Å². The molecule has 0 saturated carbocycles. The zero-order valence-corrected chi connectivity index (χ0v) is 16.3. The fourth-order valence-electron chi connectivity index (χ4n) is 2.46. The van der Waals surface area contributed by atoms with Gasteiger partial charge < -0.3 is 20.5 Å². The van der Waals surface area contributed by atoms with Crippen LogP contribution in [0.25, 0.3) is 0 Å². The molecule has 0 bridgehead atoms. The van der Waals surface area contributed by atoms with Gasteiger partial charge in [-0.1, -0.05) is 12.1 Å². The molecule has 0 aromatic heterocycles. The Kier molecular flexibility index (Phi) is 7.30. The predicted molar refractivity (Wildman–Crippen MR) is 108 cm³/mol. The lowest BCUT2D eigenvalue weighted by Gasteiger charge is -2.09. The Balaban J connectivity index is 1.99. The van der Waals surface area contributed by atoms with Crippen molar-refractivity contribution in [3.05, 3.63) is 53.6 Å². The molecule has 152 valence electrons. The quantitative estimate of drug-likeness (QED) is 0.462. The van der Waals surface area contributed by atoms with Crippen molar-refractivity contribution in [1.82, 2.24) is 5.43 Å². The number of ether oxygens (including phenoxy) is 2.